The molecule has 0 atom stereocenters. The van der Waals surface area contributed by atoms with Crippen molar-refractivity contribution in [1.29, 1.82) is 0 Å². The molecule has 0 fully saturated rings. The maximum Gasteiger partial charge on any atom is 0.138 e. The van der Waals surface area contributed by atoms with Gasteiger partial charge in [0.05, 0.1) is 5.71 Å². The Morgan fingerprint density at radius 3 is 2.59 bits per heavy atom. The van der Waals surface area contributed by atoms with Gasteiger partial charge in [-0.2, -0.15) is 0 Å². The molecule has 3 heteroatoms. The molecule has 0 aliphatic heterocycles. The van der Waals surface area contributed by atoms with Crippen LogP contribution in [0.25, 0.3) is 0 Å². The van der Waals surface area contributed by atoms with E-state index in [1.807, 2.05) is 25.1 Å². The predicted octanol–water partition coefficient (Wildman–Crippen LogP) is 3.21. The number of aryl methyl sites for hydroxylation is 1. The largest absolute Gasteiger partial charge is 0.411 e. The number of nitrogens with zero attached hydrogens (tertiary/aromatic N) is 1. The summed E-state index contributed by atoms with van der Waals surface area (Å²) in [7, 11) is 0. The first-order valence-electron chi connectivity index (χ1n) is 6.01. The van der Waals surface area contributed by atoms with Gasteiger partial charge in [0.25, 0.3) is 0 Å². The topological polar surface area (TPSA) is 49.7 Å². The Labute approximate surface area is 102 Å². The Bertz CT molecular complexity index is 371. The second-order valence-corrected chi connectivity index (χ2v) is 4.07. The summed E-state index contributed by atoms with van der Waals surface area (Å²) in [6, 6.07) is 10.2. The van der Waals surface area contributed by atoms with Crippen molar-refractivity contribution in [2.24, 2.45) is 5.16 Å². The van der Waals surface area contributed by atoms with E-state index in [2.05, 4.69) is 17.3 Å². The predicted molar refractivity (Wildman–Crippen MR) is 68.5 cm³/mol. The number of rotatable bonds is 7. The monoisotopic (exact) mass is 233 g/mol. The molecule has 0 amide bonds. The lowest BCUT2D eigenvalue weighted by atomic mass is 10.0. The van der Waals surface area contributed by atoms with Gasteiger partial charge in [0.15, 0.2) is 0 Å². The third kappa shape index (κ3) is 5.29. The average molecular weight is 233 g/mol. The molecular formula is C14H19NO2. The smallest absolute Gasteiger partial charge is 0.138 e. The molecule has 0 saturated carbocycles. The standard InChI is InChI=1S/C14H19NO2/c1-2-14(16)11-13(15-17)10-6-9-12-7-4-3-5-8-12/h3-5,7-8,17H,2,6,9-11H2,1H3. The lowest BCUT2D eigenvalue weighted by Gasteiger charge is -2.03. The maximum absolute atomic E-state index is 11.2. The molecule has 1 rings (SSSR count). The second-order valence-electron chi connectivity index (χ2n) is 4.07. The van der Waals surface area contributed by atoms with E-state index >= 15 is 0 Å². The molecule has 0 radical (unpaired) electrons. The summed E-state index contributed by atoms with van der Waals surface area (Å²) in [5.41, 5.74) is 1.86. The molecule has 3 nitrogen and oxygen atoms in total. The van der Waals surface area contributed by atoms with Crippen molar-refractivity contribution in [3.05, 3.63) is 35.9 Å². The fourth-order valence-corrected chi connectivity index (χ4v) is 1.67. The van der Waals surface area contributed by atoms with Crippen molar-refractivity contribution in [2.75, 3.05) is 0 Å². The summed E-state index contributed by atoms with van der Waals surface area (Å²) < 4.78 is 0. The van der Waals surface area contributed by atoms with Crippen LogP contribution in [0.15, 0.2) is 35.5 Å². The molecule has 0 heterocycles. The van der Waals surface area contributed by atoms with Gasteiger partial charge in [-0.3, -0.25) is 4.79 Å². The van der Waals surface area contributed by atoms with Crippen LogP contribution in [0.1, 0.15) is 38.2 Å². The highest BCUT2D eigenvalue weighted by molar-refractivity contribution is 6.01. The molecule has 0 saturated heterocycles. The zero-order valence-electron chi connectivity index (χ0n) is 10.2. The Balaban J connectivity index is 2.32. The number of ketones is 1. The van der Waals surface area contributed by atoms with Gasteiger partial charge in [-0.15, -0.1) is 0 Å². The van der Waals surface area contributed by atoms with Crippen LogP contribution in [-0.2, 0) is 11.2 Å². The van der Waals surface area contributed by atoms with Crippen molar-refractivity contribution >= 4 is 11.5 Å². The van der Waals surface area contributed by atoms with Gasteiger partial charge in [-0.05, 0) is 24.8 Å². The minimum Gasteiger partial charge on any atom is -0.411 e. The minimum absolute atomic E-state index is 0.123. The van der Waals surface area contributed by atoms with E-state index in [4.69, 9.17) is 5.21 Å². The van der Waals surface area contributed by atoms with E-state index in [1.54, 1.807) is 0 Å². The van der Waals surface area contributed by atoms with E-state index in [9.17, 15) is 4.79 Å². The number of hydrogen-bond donors (Lipinski definition) is 1. The molecule has 1 aromatic rings. The molecule has 0 bridgehead atoms. The van der Waals surface area contributed by atoms with Gasteiger partial charge in [-0.1, -0.05) is 42.4 Å². The average Bonchev–Trinajstić information content (AvgIpc) is 2.38. The third-order valence-electron chi connectivity index (χ3n) is 2.71. The van der Waals surface area contributed by atoms with Crippen molar-refractivity contribution in [3.8, 4) is 0 Å². The normalized spacial score (nSPS) is 11.5. The first kappa shape index (κ1) is 13.4. The van der Waals surface area contributed by atoms with Crippen molar-refractivity contribution in [1.82, 2.24) is 0 Å². The van der Waals surface area contributed by atoms with Crippen molar-refractivity contribution in [3.63, 3.8) is 0 Å². The number of hydrogen-bond acceptors (Lipinski definition) is 3. The molecule has 0 spiro atoms. The highest BCUT2D eigenvalue weighted by Crippen LogP contribution is 2.07. The number of benzene rings is 1. The Morgan fingerprint density at radius 2 is 2.00 bits per heavy atom. The van der Waals surface area contributed by atoms with Crippen LogP contribution in [-0.4, -0.2) is 16.7 Å². The van der Waals surface area contributed by atoms with Gasteiger partial charge >= 0.3 is 0 Å². The molecule has 92 valence electrons. The lowest BCUT2D eigenvalue weighted by Crippen LogP contribution is -2.07. The van der Waals surface area contributed by atoms with E-state index in [-0.39, 0.29) is 12.2 Å². The summed E-state index contributed by atoms with van der Waals surface area (Å²) in [4.78, 5) is 11.2. The maximum atomic E-state index is 11.2. The Kier molecular flexibility index (Phi) is 6.00. The molecule has 0 unspecified atom stereocenters. The molecular weight excluding hydrogens is 214 g/mol. The molecule has 1 aromatic carbocycles. The Hall–Kier alpha value is -1.64. The zero-order valence-corrected chi connectivity index (χ0v) is 10.2. The quantitative estimate of drug-likeness (QED) is 0.446. The summed E-state index contributed by atoms with van der Waals surface area (Å²) in [5, 5.41) is 12.0. The van der Waals surface area contributed by atoms with E-state index in [0.29, 0.717) is 18.6 Å². The van der Waals surface area contributed by atoms with Crippen molar-refractivity contribution in [2.45, 2.75) is 39.0 Å². The molecule has 1 N–H and O–H groups in total. The van der Waals surface area contributed by atoms with Gasteiger partial charge < -0.3 is 5.21 Å². The number of carbonyl (C=O) groups excluding carboxylic acids is 1. The fourth-order valence-electron chi connectivity index (χ4n) is 1.67. The first-order valence-corrected chi connectivity index (χ1v) is 6.01. The summed E-state index contributed by atoms with van der Waals surface area (Å²) in [6.07, 6.45) is 3.30. The number of oxime groups is 1. The lowest BCUT2D eigenvalue weighted by molar-refractivity contribution is -0.117. The van der Waals surface area contributed by atoms with Crippen LogP contribution < -0.4 is 0 Å². The summed E-state index contributed by atoms with van der Waals surface area (Å²) in [5.74, 6) is 0.123. The number of Topliss-reactive ketones (excluding diaryl/α,β-unsaturated/α-hetero) is 1. The SMILES string of the molecule is CCC(=O)CC(CCCc1ccccc1)=NO. The molecule has 0 aliphatic rings. The van der Waals surface area contributed by atoms with Crippen LogP contribution in [0.2, 0.25) is 0 Å². The third-order valence-corrected chi connectivity index (χ3v) is 2.71. The van der Waals surface area contributed by atoms with Gasteiger partial charge in [-0.25, -0.2) is 0 Å². The van der Waals surface area contributed by atoms with E-state index in [0.717, 1.165) is 12.8 Å². The van der Waals surface area contributed by atoms with E-state index < -0.39 is 0 Å². The minimum atomic E-state index is 0.123. The molecule has 17 heavy (non-hydrogen) atoms. The van der Waals surface area contributed by atoms with Gasteiger partial charge in [0.2, 0.25) is 0 Å². The van der Waals surface area contributed by atoms with Crippen LogP contribution in [0.3, 0.4) is 0 Å². The highest BCUT2D eigenvalue weighted by atomic mass is 16.4. The van der Waals surface area contributed by atoms with Gasteiger partial charge in [0, 0.05) is 12.8 Å². The fraction of sp³-hybridized carbons (Fsp3) is 0.429. The highest BCUT2D eigenvalue weighted by Gasteiger charge is 2.06. The van der Waals surface area contributed by atoms with Crippen LogP contribution in [0, 0.1) is 0 Å². The summed E-state index contributed by atoms with van der Waals surface area (Å²) in [6.45, 7) is 1.82. The van der Waals surface area contributed by atoms with Crippen molar-refractivity contribution < 1.29 is 10.0 Å². The second kappa shape index (κ2) is 7.60. The van der Waals surface area contributed by atoms with Crippen LogP contribution in [0.4, 0.5) is 0 Å². The zero-order chi connectivity index (χ0) is 12.5. The van der Waals surface area contributed by atoms with Crippen LogP contribution in [0.5, 0.6) is 0 Å². The van der Waals surface area contributed by atoms with Crippen LogP contribution >= 0.6 is 0 Å². The van der Waals surface area contributed by atoms with Gasteiger partial charge in [0.1, 0.15) is 5.78 Å². The first-order chi connectivity index (χ1) is 8.26. The summed E-state index contributed by atoms with van der Waals surface area (Å²) >= 11 is 0. The Morgan fingerprint density at radius 1 is 1.29 bits per heavy atom. The molecule has 0 aromatic heterocycles. The molecule has 0 aliphatic carbocycles. The van der Waals surface area contributed by atoms with E-state index in [1.165, 1.54) is 5.56 Å². The number of carbonyl (C=O) groups is 1.